The second-order valence-electron chi connectivity index (χ2n) is 3.30. The lowest BCUT2D eigenvalue weighted by atomic mass is 10.1. The first kappa shape index (κ1) is 12.8. The number of thioether (sulfide) groups is 1. The molecule has 0 aliphatic carbocycles. The van der Waals surface area contributed by atoms with Gasteiger partial charge in [-0.3, -0.25) is 9.59 Å². The third-order valence-electron chi connectivity index (χ3n) is 2.21. The smallest absolute Gasteiger partial charge is 0.230 e. The number of rotatable bonds is 4. The topological polar surface area (TPSA) is 46.2 Å². The van der Waals surface area contributed by atoms with E-state index in [2.05, 4.69) is 12.2 Å². The second kappa shape index (κ2) is 6.33. The van der Waals surface area contributed by atoms with Crippen molar-refractivity contribution in [1.82, 2.24) is 5.32 Å². The molecular weight excluding hydrogens is 222 g/mol. The summed E-state index contributed by atoms with van der Waals surface area (Å²) >= 11 is 1.02. The van der Waals surface area contributed by atoms with E-state index in [1.165, 1.54) is 5.56 Å². The highest BCUT2D eigenvalue weighted by Gasteiger charge is 2.08. The fourth-order valence-electron chi connectivity index (χ4n) is 1.16. The van der Waals surface area contributed by atoms with Gasteiger partial charge in [-0.05, 0) is 12.0 Å². The summed E-state index contributed by atoms with van der Waals surface area (Å²) in [7, 11) is 1.56. The van der Waals surface area contributed by atoms with Crippen LogP contribution in [0.5, 0.6) is 0 Å². The lowest BCUT2D eigenvalue weighted by molar-refractivity contribution is -0.118. The molecule has 0 saturated heterocycles. The van der Waals surface area contributed by atoms with E-state index in [0.29, 0.717) is 5.56 Å². The summed E-state index contributed by atoms with van der Waals surface area (Å²) in [6.07, 6.45) is 0.958. The summed E-state index contributed by atoms with van der Waals surface area (Å²) in [5.41, 5.74) is 1.85. The minimum absolute atomic E-state index is 0.0637. The number of carbonyl (C=O) groups excluding carboxylic acids is 2. The van der Waals surface area contributed by atoms with Crippen molar-refractivity contribution in [3.63, 3.8) is 0 Å². The highest BCUT2D eigenvalue weighted by atomic mass is 32.2. The zero-order valence-electron chi connectivity index (χ0n) is 9.45. The highest BCUT2D eigenvalue weighted by Crippen LogP contribution is 2.13. The summed E-state index contributed by atoms with van der Waals surface area (Å²) in [6.45, 7) is 2.07. The lowest BCUT2D eigenvalue weighted by Crippen LogP contribution is -2.20. The van der Waals surface area contributed by atoms with Gasteiger partial charge in [-0.2, -0.15) is 0 Å². The number of amides is 1. The average Bonchev–Trinajstić information content (AvgIpc) is 2.35. The molecule has 16 heavy (non-hydrogen) atoms. The van der Waals surface area contributed by atoms with Crippen molar-refractivity contribution in [2.45, 2.75) is 13.3 Å². The van der Waals surface area contributed by atoms with Crippen LogP contribution in [0.3, 0.4) is 0 Å². The SMILES string of the molecule is CCc1ccc(C(=O)SCC(=O)NC)cc1. The maximum absolute atomic E-state index is 11.6. The summed E-state index contributed by atoms with van der Waals surface area (Å²) in [4.78, 5) is 22.6. The van der Waals surface area contributed by atoms with E-state index in [4.69, 9.17) is 0 Å². The first-order valence-electron chi connectivity index (χ1n) is 5.14. The normalized spacial score (nSPS) is 9.88. The van der Waals surface area contributed by atoms with E-state index in [1.807, 2.05) is 12.1 Å². The minimum atomic E-state index is -0.136. The first-order valence-corrected chi connectivity index (χ1v) is 6.12. The van der Waals surface area contributed by atoms with Crippen molar-refractivity contribution >= 4 is 22.8 Å². The Kier molecular flexibility index (Phi) is 5.05. The standard InChI is InChI=1S/C12H15NO2S/c1-3-9-4-6-10(7-5-9)12(15)16-8-11(14)13-2/h4-7H,3,8H2,1-2H3,(H,13,14). The number of benzene rings is 1. The Labute approximate surface area is 99.6 Å². The molecule has 0 aromatic heterocycles. The van der Waals surface area contributed by atoms with Gasteiger partial charge < -0.3 is 5.32 Å². The van der Waals surface area contributed by atoms with Gasteiger partial charge in [0.05, 0.1) is 5.75 Å². The molecule has 0 unspecified atom stereocenters. The molecule has 1 rings (SSSR count). The molecule has 0 atom stereocenters. The molecule has 0 aliphatic rings. The van der Waals surface area contributed by atoms with E-state index in [1.54, 1.807) is 19.2 Å². The lowest BCUT2D eigenvalue weighted by Gasteiger charge is -2.01. The zero-order valence-corrected chi connectivity index (χ0v) is 10.3. The maximum Gasteiger partial charge on any atom is 0.230 e. The van der Waals surface area contributed by atoms with Crippen LogP contribution in [-0.4, -0.2) is 23.8 Å². The quantitative estimate of drug-likeness (QED) is 0.869. The third kappa shape index (κ3) is 3.70. The van der Waals surface area contributed by atoms with Crippen LogP contribution in [0.2, 0.25) is 0 Å². The number of nitrogens with one attached hydrogen (secondary N) is 1. The van der Waals surface area contributed by atoms with Crippen LogP contribution in [0.15, 0.2) is 24.3 Å². The fraction of sp³-hybridized carbons (Fsp3) is 0.333. The molecule has 4 heteroatoms. The van der Waals surface area contributed by atoms with Gasteiger partial charge in [-0.1, -0.05) is 43.0 Å². The highest BCUT2D eigenvalue weighted by molar-refractivity contribution is 8.14. The second-order valence-corrected chi connectivity index (χ2v) is 4.25. The van der Waals surface area contributed by atoms with Crippen molar-refractivity contribution in [1.29, 1.82) is 0 Å². The predicted octanol–water partition coefficient (Wildman–Crippen LogP) is 1.87. The van der Waals surface area contributed by atoms with E-state index in [-0.39, 0.29) is 16.8 Å². The van der Waals surface area contributed by atoms with Crippen LogP contribution in [0.25, 0.3) is 0 Å². The van der Waals surface area contributed by atoms with Gasteiger partial charge >= 0.3 is 0 Å². The molecule has 1 N–H and O–H groups in total. The van der Waals surface area contributed by atoms with E-state index >= 15 is 0 Å². The third-order valence-corrected chi connectivity index (χ3v) is 3.12. The maximum atomic E-state index is 11.6. The predicted molar refractivity (Wildman–Crippen MR) is 66.7 cm³/mol. The van der Waals surface area contributed by atoms with Gasteiger partial charge in [0.15, 0.2) is 0 Å². The molecule has 0 saturated carbocycles. The van der Waals surface area contributed by atoms with Gasteiger partial charge in [0, 0.05) is 12.6 Å². The molecule has 0 radical (unpaired) electrons. The molecule has 3 nitrogen and oxygen atoms in total. The van der Waals surface area contributed by atoms with E-state index in [9.17, 15) is 9.59 Å². The Hall–Kier alpha value is -1.29. The molecule has 86 valence electrons. The Morgan fingerprint density at radius 1 is 1.25 bits per heavy atom. The van der Waals surface area contributed by atoms with Crippen LogP contribution in [0, 0.1) is 0 Å². The average molecular weight is 237 g/mol. The number of hydrogen-bond acceptors (Lipinski definition) is 3. The molecule has 1 amide bonds. The molecule has 0 heterocycles. The molecule has 0 spiro atoms. The van der Waals surface area contributed by atoms with Gasteiger partial charge in [-0.25, -0.2) is 0 Å². The van der Waals surface area contributed by atoms with Crippen molar-refractivity contribution in [2.75, 3.05) is 12.8 Å². The Bertz CT molecular complexity index is 373. The van der Waals surface area contributed by atoms with Gasteiger partial charge in [0.1, 0.15) is 0 Å². The van der Waals surface area contributed by atoms with Gasteiger partial charge in [0.2, 0.25) is 11.0 Å². The molecular formula is C12H15NO2S. The largest absolute Gasteiger partial charge is 0.358 e. The molecule has 1 aromatic carbocycles. The zero-order chi connectivity index (χ0) is 12.0. The molecule has 0 bridgehead atoms. The van der Waals surface area contributed by atoms with Crippen molar-refractivity contribution in [3.05, 3.63) is 35.4 Å². The Morgan fingerprint density at radius 2 is 1.88 bits per heavy atom. The summed E-state index contributed by atoms with van der Waals surface area (Å²) in [6, 6.07) is 7.48. The number of carbonyl (C=O) groups is 2. The van der Waals surface area contributed by atoms with Gasteiger partial charge in [0.25, 0.3) is 0 Å². The van der Waals surface area contributed by atoms with Crippen molar-refractivity contribution in [2.24, 2.45) is 0 Å². The van der Waals surface area contributed by atoms with Crippen LogP contribution < -0.4 is 5.32 Å². The number of aryl methyl sites for hydroxylation is 1. The summed E-state index contributed by atoms with van der Waals surface area (Å²) < 4.78 is 0. The monoisotopic (exact) mass is 237 g/mol. The van der Waals surface area contributed by atoms with Gasteiger partial charge in [-0.15, -0.1) is 0 Å². The van der Waals surface area contributed by atoms with E-state index < -0.39 is 0 Å². The molecule has 0 fully saturated rings. The summed E-state index contributed by atoms with van der Waals surface area (Å²) in [5, 5.41) is 2.41. The van der Waals surface area contributed by atoms with Crippen LogP contribution in [0.1, 0.15) is 22.8 Å². The van der Waals surface area contributed by atoms with Crippen molar-refractivity contribution < 1.29 is 9.59 Å². The fourth-order valence-corrected chi connectivity index (χ4v) is 1.87. The Balaban J connectivity index is 2.56. The van der Waals surface area contributed by atoms with Crippen LogP contribution in [-0.2, 0) is 11.2 Å². The number of hydrogen-bond donors (Lipinski definition) is 1. The van der Waals surface area contributed by atoms with Crippen LogP contribution in [0.4, 0.5) is 0 Å². The Morgan fingerprint density at radius 3 is 2.38 bits per heavy atom. The summed E-state index contributed by atoms with van der Waals surface area (Å²) in [5.74, 6) is 0.0359. The van der Waals surface area contributed by atoms with Crippen LogP contribution >= 0.6 is 11.8 Å². The molecule has 0 aliphatic heterocycles. The van der Waals surface area contributed by atoms with Crippen molar-refractivity contribution in [3.8, 4) is 0 Å². The minimum Gasteiger partial charge on any atom is -0.358 e. The first-order chi connectivity index (χ1) is 7.67. The van der Waals surface area contributed by atoms with E-state index in [0.717, 1.165) is 18.2 Å². The molecule has 1 aromatic rings.